The summed E-state index contributed by atoms with van der Waals surface area (Å²) < 4.78 is 0. The highest BCUT2D eigenvalue weighted by Crippen LogP contribution is 2.31. The lowest BCUT2D eigenvalue weighted by Gasteiger charge is -2.18. The maximum Gasteiger partial charge on any atom is 0.254 e. The smallest absolute Gasteiger partial charge is 0.254 e. The molecule has 0 aliphatic carbocycles. The number of nitrogens with zero attached hydrogens (tertiary/aromatic N) is 4. The Kier molecular flexibility index (Phi) is 7.13. The zero-order chi connectivity index (χ0) is 24.9. The van der Waals surface area contributed by atoms with Gasteiger partial charge in [0, 0.05) is 24.8 Å². The second kappa shape index (κ2) is 10.4. The number of benzene rings is 2. The molecule has 3 aromatic rings. The number of aromatic nitrogens is 2. The Bertz CT molecular complexity index is 1340. The highest BCUT2D eigenvalue weighted by molar-refractivity contribution is 6.33. The molecule has 3 N–H and O–H groups in total. The fourth-order valence-electron chi connectivity index (χ4n) is 3.92. The standard InChI is InChI=1S/C25H24ClN7O2/c1-15-5-3-7-18(24(35)28-12-11-27)22(15)31-23-19(26)14-29-25(32-23)30-17-9-10-20-16(13-17)6-4-8-21(34)33(20)2/h3,5,7,9-10,13-14H,4,6,8,12H2,1-2H3,(H,28,35)(H2,29,30,31,32). The first-order valence-corrected chi connectivity index (χ1v) is 11.5. The van der Waals surface area contributed by atoms with Gasteiger partial charge in [-0.3, -0.25) is 9.59 Å². The molecule has 0 saturated heterocycles. The Morgan fingerprint density at radius 3 is 2.86 bits per heavy atom. The van der Waals surface area contributed by atoms with Crippen molar-refractivity contribution >= 4 is 52.2 Å². The van der Waals surface area contributed by atoms with Crippen molar-refractivity contribution in [2.45, 2.75) is 26.2 Å². The number of carbonyl (C=O) groups excluding carboxylic acids is 2. The number of hydrogen-bond acceptors (Lipinski definition) is 7. The lowest BCUT2D eigenvalue weighted by Crippen LogP contribution is -2.24. The number of anilines is 5. The van der Waals surface area contributed by atoms with Crippen LogP contribution in [0.4, 0.5) is 28.8 Å². The number of nitrogens with one attached hydrogen (secondary N) is 3. The zero-order valence-electron chi connectivity index (χ0n) is 19.4. The summed E-state index contributed by atoms with van der Waals surface area (Å²) in [6.07, 6.45) is 3.60. The summed E-state index contributed by atoms with van der Waals surface area (Å²) in [4.78, 5) is 35.2. The van der Waals surface area contributed by atoms with E-state index in [2.05, 4.69) is 25.9 Å². The molecule has 10 heteroatoms. The maximum absolute atomic E-state index is 12.5. The first kappa shape index (κ1) is 24.0. The largest absolute Gasteiger partial charge is 0.339 e. The zero-order valence-corrected chi connectivity index (χ0v) is 20.1. The normalized spacial score (nSPS) is 12.9. The van der Waals surface area contributed by atoms with Gasteiger partial charge in [0.25, 0.3) is 5.91 Å². The van der Waals surface area contributed by atoms with Crippen LogP contribution in [0.1, 0.15) is 34.3 Å². The molecule has 1 aliphatic heterocycles. The summed E-state index contributed by atoms with van der Waals surface area (Å²) in [5.74, 6) is 0.375. The summed E-state index contributed by atoms with van der Waals surface area (Å²) in [5.41, 5.74) is 4.47. The minimum absolute atomic E-state index is 0.0979. The van der Waals surface area contributed by atoms with Crippen LogP contribution in [-0.2, 0) is 11.2 Å². The van der Waals surface area contributed by atoms with Gasteiger partial charge in [-0.25, -0.2) is 4.98 Å². The van der Waals surface area contributed by atoms with Crippen LogP contribution in [0.5, 0.6) is 0 Å². The van der Waals surface area contributed by atoms with Crippen LogP contribution in [0.15, 0.2) is 42.6 Å². The molecule has 0 fully saturated rings. The highest BCUT2D eigenvalue weighted by atomic mass is 35.5. The van der Waals surface area contributed by atoms with E-state index >= 15 is 0 Å². The van der Waals surface area contributed by atoms with Crippen LogP contribution in [-0.4, -0.2) is 35.4 Å². The minimum Gasteiger partial charge on any atom is -0.339 e. The van der Waals surface area contributed by atoms with E-state index in [9.17, 15) is 9.59 Å². The second-order valence-corrected chi connectivity index (χ2v) is 8.54. The van der Waals surface area contributed by atoms with E-state index in [1.54, 1.807) is 24.1 Å². The van der Waals surface area contributed by atoms with E-state index < -0.39 is 0 Å². The predicted molar refractivity (Wildman–Crippen MR) is 136 cm³/mol. The third-order valence-corrected chi connectivity index (χ3v) is 6.02. The van der Waals surface area contributed by atoms with E-state index in [0.717, 1.165) is 35.3 Å². The third kappa shape index (κ3) is 5.34. The van der Waals surface area contributed by atoms with Gasteiger partial charge in [0.1, 0.15) is 11.6 Å². The molecule has 1 aromatic heterocycles. The number of rotatable bonds is 6. The van der Waals surface area contributed by atoms with Crippen LogP contribution < -0.4 is 20.9 Å². The monoisotopic (exact) mass is 489 g/mol. The maximum atomic E-state index is 12.5. The van der Waals surface area contributed by atoms with E-state index in [1.165, 1.54) is 6.20 Å². The summed E-state index contributed by atoms with van der Waals surface area (Å²) in [6.45, 7) is 1.76. The molecule has 0 radical (unpaired) electrons. The Hall–Kier alpha value is -4.16. The number of amides is 2. The number of carbonyl (C=O) groups is 2. The Labute approximate surface area is 208 Å². The fourth-order valence-corrected chi connectivity index (χ4v) is 4.06. The van der Waals surface area contributed by atoms with E-state index in [-0.39, 0.29) is 23.4 Å². The molecule has 4 rings (SSSR count). The molecule has 0 unspecified atom stereocenters. The van der Waals surface area contributed by atoms with Crippen LogP contribution >= 0.6 is 11.6 Å². The molecule has 9 nitrogen and oxygen atoms in total. The third-order valence-electron chi connectivity index (χ3n) is 5.74. The van der Waals surface area contributed by atoms with E-state index in [4.69, 9.17) is 16.9 Å². The minimum atomic E-state index is -0.380. The van der Waals surface area contributed by atoms with Gasteiger partial charge in [-0.15, -0.1) is 0 Å². The number of halogens is 1. The summed E-state index contributed by atoms with van der Waals surface area (Å²) in [5, 5.41) is 18.0. The molecule has 2 aromatic carbocycles. The molecule has 0 saturated carbocycles. The molecular formula is C25H24ClN7O2. The van der Waals surface area contributed by atoms with Gasteiger partial charge in [0.15, 0.2) is 5.82 Å². The van der Waals surface area contributed by atoms with Crippen LogP contribution in [0.3, 0.4) is 0 Å². The lowest BCUT2D eigenvalue weighted by atomic mass is 10.1. The van der Waals surface area contributed by atoms with Crippen molar-refractivity contribution in [1.29, 1.82) is 5.26 Å². The quantitative estimate of drug-likeness (QED) is 0.436. The van der Waals surface area contributed by atoms with Crippen molar-refractivity contribution in [2.75, 3.05) is 29.1 Å². The molecule has 178 valence electrons. The van der Waals surface area contributed by atoms with Gasteiger partial charge in [-0.05, 0) is 55.2 Å². The van der Waals surface area contributed by atoms with Gasteiger partial charge in [0.05, 0.1) is 23.5 Å². The molecule has 2 amide bonds. The van der Waals surface area contributed by atoms with Crippen molar-refractivity contribution in [3.8, 4) is 6.07 Å². The molecule has 35 heavy (non-hydrogen) atoms. The van der Waals surface area contributed by atoms with Crippen molar-refractivity contribution in [3.63, 3.8) is 0 Å². The Morgan fingerprint density at radius 2 is 2.06 bits per heavy atom. The number of fused-ring (bicyclic) bond motifs is 1. The fraction of sp³-hybridized carbons (Fsp3) is 0.240. The summed E-state index contributed by atoms with van der Waals surface area (Å²) in [6, 6.07) is 13.0. The first-order chi connectivity index (χ1) is 16.9. The Balaban J connectivity index is 1.60. The number of para-hydroxylation sites is 1. The van der Waals surface area contributed by atoms with Gasteiger partial charge in [-0.2, -0.15) is 10.2 Å². The van der Waals surface area contributed by atoms with Gasteiger partial charge < -0.3 is 20.9 Å². The number of hydrogen-bond donors (Lipinski definition) is 3. The molecule has 0 spiro atoms. The van der Waals surface area contributed by atoms with Crippen molar-refractivity contribution in [1.82, 2.24) is 15.3 Å². The van der Waals surface area contributed by atoms with Crippen molar-refractivity contribution < 1.29 is 9.59 Å². The highest BCUT2D eigenvalue weighted by Gasteiger charge is 2.19. The number of nitriles is 1. The average molecular weight is 490 g/mol. The second-order valence-electron chi connectivity index (χ2n) is 8.13. The van der Waals surface area contributed by atoms with E-state index in [1.807, 2.05) is 37.3 Å². The van der Waals surface area contributed by atoms with Crippen LogP contribution in [0, 0.1) is 18.3 Å². The molecular weight excluding hydrogens is 466 g/mol. The van der Waals surface area contributed by atoms with Gasteiger partial charge in [0.2, 0.25) is 11.9 Å². The van der Waals surface area contributed by atoms with E-state index in [0.29, 0.717) is 29.4 Å². The van der Waals surface area contributed by atoms with Gasteiger partial charge >= 0.3 is 0 Å². The first-order valence-electron chi connectivity index (χ1n) is 11.1. The molecule has 0 bridgehead atoms. The summed E-state index contributed by atoms with van der Waals surface area (Å²) in [7, 11) is 1.79. The Morgan fingerprint density at radius 1 is 1.23 bits per heavy atom. The van der Waals surface area contributed by atoms with Crippen molar-refractivity contribution in [2.24, 2.45) is 0 Å². The lowest BCUT2D eigenvalue weighted by molar-refractivity contribution is -0.118. The van der Waals surface area contributed by atoms with Crippen LogP contribution in [0.25, 0.3) is 0 Å². The SMILES string of the molecule is Cc1cccc(C(=O)NCC#N)c1Nc1nc(Nc2ccc3c(c2)CCCC(=O)N3C)ncc1Cl. The van der Waals surface area contributed by atoms with Crippen molar-refractivity contribution in [3.05, 3.63) is 64.3 Å². The number of aryl methyl sites for hydroxylation is 2. The summed E-state index contributed by atoms with van der Waals surface area (Å²) >= 11 is 6.36. The topological polar surface area (TPSA) is 123 Å². The average Bonchev–Trinajstić information content (AvgIpc) is 2.98. The van der Waals surface area contributed by atoms with Crippen LogP contribution in [0.2, 0.25) is 5.02 Å². The molecule has 1 aliphatic rings. The molecule has 0 atom stereocenters. The van der Waals surface area contributed by atoms with Gasteiger partial charge in [-0.1, -0.05) is 23.7 Å². The molecule has 2 heterocycles. The predicted octanol–water partition coefficient (Wildman–Crippen LogP) is 4.48.